The predicted octanol–water partition coefficient (Wildman–Crippen LogP) is 0.578. The highest BCUT2D eigenvalue weighted by molar-refractivity contribution is 5.81. The molecular formula is C14H22O6. The highest BCUT2D eigenvalue weighted by atomic mass is 16.5. The van der Waals surface area contributed by atoms with Gasteiger partial charge < -0.3 is 20.1 Å². The Morgan fingerprint density at radius 3 is 2.35 bits per heavy atom. The molecule has 0 bridgehead atoms. The van der Waals surface area contributed by atoms with E-state index in [1.54, 1.807) is 12.2 Å². The Kier molecular flexibility index (Phi) is 7.25. The van der Waals surface area contributed by atoms with Gasteiger partial charge in [-0.25, -0.2) is 0 Å². The van der Waals surface area contributed by atoms with Gasteiger partial charge >= 0.3 is 11.9 Å². The van der Waals surface area contributed by atoms with Gasteiger partial charge in [-0.3, -0.25) is 9.59 Å². The number of carbonyl (C=O) groups is 2. The minimum Gasteiger partial charge on any atom is -0.481 e. The first-order valence-electron chi connectivity index (χ1n) is 6.86. The highest BCUT2D eigenvalue weighted by Crippen LogP contribution is 2.27. The van der Waals surface area contributed by atoms with Crippen LogP contribution in [0.4, 0.5) is 0 Å². The standard InChI is InChI=1S/C14H22O6/c15-7-5-10(9-16)6-8-20-14(19)12-4-2-1-3-11(12)13(17)18/h1-2,10-12,15-16H,3-9H2,(H,17,18). The van der Waals surface area contributed by atoms with Crippen molar-refractivity contribution in [2.24, 2.45) is 17.8 Å². The number of aliphatic hydroxyl groups excluding tert-OH is 2. The lowest BCUT2D eigenvalue weighted by atomic mass is 9.83. The molecule has 3 N–H and O–H groups in total. The molecule has 1 aliphatic rings. The summed E-state index contributed by atoms with van der Waals surface area (Å²) in [6, 6.07) is 0. The lowest BCUT2D eigenvalue weighted by Crippen LogP contribution is -2.32. The maximum atomic E-state index is 11.9. The summed E-state index contributed by atoms with van der Waals surface area (Å²) in [5.74, 6) is -2.94. The van der Waals surface area contributed by atoms with E-state index in [0.717, 1.165) is 0 Å². The normalized spacial score (nSPS) is 23.3. The van der Waals surface area contributed by atoms with Crippen molar-refractivity contribution in [1.82, 2.24) is 0 Å². The Hall–Kier alpha value is -1.40. The number of allylic oxidation sites excluding steroid dienone is 2. The van der Waals surface area contributed by atoms with Gasteiger partial charge in [-0.1, -0.05) is 12.2 Å². The fourth-order valence-corrected chi connectivity index (χ4v) is 2.29. The first-order valence-corrected chi connectivity index (χ1v) is 6.86. The zero-order valence-electron chi connectivity index (χ0n) is 11.4. The zero-order valence-corrected chi connectivity index (χ0v) is 11.4. The van der Waals surface area contributed by atoms with Crippen LogP contribution in [0.2, 0.25) is 0 Å². The van der Waals surface area contributed by atoms with Crippen molar-refractivity contribution in [2.75, 3.05) is 19.8 Å². The van der Waals surface area contributed by atoms with E-state index in [4.69, 9.17) is 20.1 Å². The van der Waals surface area contributed by atoms with E-state index in [0.29, 0.717) is 25.7 Å². The van der Waals surface area contributed by atoms with Crippen molar-refractivity contribution < 1.29 is 29.6 Å². The van der Waals surface area contributed by atoms with Gasteiger partial charge in [0, 0.05) is 13.2 Å². The Morgan fingerprint density at radius 2 is 1.80 bits per heavy atom. The second kappa shape index (κ2) is 8.71. The van der Waals surface area contributed by atoms with Crippen molar-refractivity contribution in [1.29, 1.82) is 0 Å². The number of aliphatic carboxylic acids is 1. The smallest absolute Gasteiger partial charge is 0.310 e. The van der Waals surface area contributed by atoms with Crippen molar-refractivity contribution in [2.45, 2.75) is 25.7 Å². The lowest BCUT2D eigenvalue weighted by Gasteiger charge is -2.23. The maximum Gasteiger partial charge on any atom is 0.310 e. The second-order valence-electron chi connectivity index (χ2n) is 5.01. The van der Waals surface area contributed by atoms with Crippen LogP contribution in [0, 0.1) is 17.8 Å². The van der Waals surface area contributed by atoms with E-state index in [2.05, 4.69) is 0 Å². The molecule has 0 aromatic rings. The van der Waals surface area contributed by atoms with Gasteiger partial charge in [-0.15, -0.1) is 0 Å². The van der Waals surface area contributed by atoms with Crippen LogP contribution in [0.25, 0.3) is 0 Å². The Balaban J connectivity index is 2.41. The molecule has 6 nitrogen and oxygen atoms in total. The molecule has 0 fully saturated rings. The van der Waals surface area contributed by atoms with Crippen LogP contribution in [0.3, 0.4) is 0 Å². The number of hydrogen-bond donors (Lipinski definition) is 3. The maximum absolute atomic E-state index is 11.9. The average Bonchev–Trinajstić information content (AvgIpc) is 2.46. The number of carbonyl (C=O) groups excluding carboxylic acids is 1. The van der Waals surface area contributed by atoms with Crippen LogP contribution in [0.5, 0.6) is 0 Å². The van der Waals surface area contributed by atoms with E-state index in [1.807, 2.05) is 0 Å². The van der Waals surface area contributed by atoms with Crippen LogP contribution < -0.4 is 0 Å². The summed E-state index contributed by atoms with van der Waals surface area (Å²) < 4.78 is 5.11. The number of hydrogen-bond acceptors (Lipinski definition) is 5. The summed E-state index contributed by atoms with van der Waals surface area (Å²) in [5, 5.41) is 26.9. The molecule has 0 saturated carbocycles. The molecule has 0 saturated heterocycles. The van der Waals surface area contributed by atoms with E-state index >= 15 is 0 Å². The van der Waals surface area contributed by atoms with E-state index < -0.39 is 23.8 Å². The number of carboxylic acids is 1. The van der Waals surface area contributed by atoms with E-state index in [-0.39, 0.29) is 25.7 Å². The van der Waals surface area contributed by atoms with Gasteiger partial charge in [0.05, 0.1) is 18.4 Å². The van der Waals surface area contributed by atoms with Gasteiger partial charge in [0.1, 0.15) is 0 Å². The van der Waals surface area contributed by atoms with Crippen LogP contribution in [0.15, 0.2) is 12.2 Å². The number of rotatable bonds is 8. The molecule has 0 aromatic carbocycles. The third-order valence-corrected chi connectivity index (χ3v) is 3.62. The van der Waals surface area contributed by atoms with Gasteiger partial charge in [-0.2, -0.15) is 0 Å². The van der Waals surface area contributed by atoms with Crippen molar-refractivity contribution in [3.8, 4) is 0 Å². The molecule has 1 rings (SSSR count). The number of esters is 1. The fourth-order valence-electron chi connectivity index (χ4n) is 2.29. The van der Waals surface area contributed by atoms with Crippen LogP contribution in [-0.2, 0) is 14.3 Å². The molecule has 1 aliphatic carbocycles. The number of ether oxygens (including phenoxy) is 1. The summed E-state index contributed by atoms with van der Waals surface area (Å²) in [5.41, 5.74) is 0. The van der Waals surface area contributed by atoms with Crippen molar-refractivity contribution >= 4 is 11.9 Å². The van der Waals surface area contributed by atoms with Gasteiger partial charge in [-0.05, 0) is 31.6 Å². The van der Waals surface area contributed by atoms with Crippen LogP contribution in [-0.4, -0.2) is 47.1 Å². The first-order chi connectivity index (χ1) is 9.60. The van der Waals surface area contributed by atoms with Gasteiger partial charge in [0.2, 0.25) is 0 Å². The molecule has 0 aromatic heterocycles. The van der Waals surface area contributed by atoms with Gasteiger partial charge in [0.15, 0.2) is 0 Å². The Bertz CT molecular complexity index is 352. The molecule has 0 heterocycles. The summed E-state index contributed by atoms with van der Waals surface area (Å²) in [6.07, 6.45) is 5.22. The van der Waals surface area contributed by atoms with E-state index in [1.165, 1.54) is 0 Å². The second-order valence-corrected chi connectivity index (χ2v) is 5.01. The average molecular weight is 286 g/mol. The van der Waals surface area contributed by atoms with Crippen LogP contribution in [0.1, 0.15) is 25.7 Å². The Labute approximate surface area is 118 Å². The molecular weight excluding hydrogens is 264 g/mol. The summed E-state index contributed by atoms with van der Waals surface area (Å²) in [6.45, 7) is 0.0479. The predicted molar refractivity (Wildman–Crippen MR) is 70.8 cm³/mol. The number of aliphatic hydroxyl groups is 2. The van der Waals surface area contributed by atoms with E-state index in [9.17, 15) is 9.59 Å². The minimum absolute atomic E-state index is 0.0202. The number of carboxylic acid groups (broad SMARTS) is 1. The monoisotopic (exact) mass is 286 g/mol. The first kappa shape index (κ1) is 16.7. The molecule has 3 unspecified atom stereocenters. The molecule has 6 heteroatoms. The molecule has 20 heavy (non-hydrogen) atoms. The third-order valence-electron chi connectivity index (χ3n) is 3.62. The zero-order chi connectivity index (χ0) is 15.0. The minimum atomic E-state index is -0.982. The Morgan fingerprint density at radius 1 is 1.15 bits per heavy atom. The largest absolute Gasteiger partial charge is 0.481 e. The quantitative estimate of drug-likeness (QED) is 0.445. The molecule has 0 amide bonds. The SMILES string of the molecule is O=C(O)C1CC=CCC1C(=O)OCCC(CO)CCO. The topological polar surface area (TPSA) is 104 Å². The fraction of sp³-hybridized carbons (Fsp3) is 0.714. The highest BCUT2D eigenvalue weighted by Gasteiger charge is 2.35. The van der Waals surface area contributed by atoms with Crippen molar-refractivity contribution in [3.63, 3.8) is 0 Å². The third kappa shape index (κ3) is 4.94. The van der Waals surface area contributed by atoms with Gasteiger partial charge in [0.25, 0.3) is 0 Å². The molecule has 0 radical (unpaired) electrons. The molecule has 3 atom stereocenters. The summed E-state index contributed by atoms with van der Waals surface area (Å²) >= 11 is 0. The summed E-state index contributed by atoms with van der Waals surface area (Å²) in [7, 11) is 0. The summed E-state index contributed by atoms with van der Waals surface area (Å²) in [4.78, 5) is 23.0. The molecule has 0 aliphatic heterocycles. The van der Waals surface area contributed by atoms with Crippen molar-refractivity contribution in [3.05, 3.63) is 12.2 Å². The molecule has 0 spiro atoms. The van der Waals surface area contributed by atoms with Crippen LogP contribution >= 0.6 is 0 Å². The molecule has 114 valence electrons. The lowest BCUT2D eigenvalue weighted by molar-refractivity contribution is -0.158.